The van der Waals surface area contributed by atoms with Crippen molar-refractivity contribution in [3.05, 3.63) is 77.4 Å². The Bertz CT molecular complexity index is 1510. The van der Waals surface area contributed by atoms with Gasteiger partial charge in [0.25, 0.3) is 0 Å². The van der Waals surface area contributed by atoms with Crippen LogP contribution in [0.1, 0.15) is 36.0 Å². The SMILES string of the molecule is C[C@H]1CCc2cc(nnc2N)-c2cc(S(C)(=N)=O)ccc2Cn2ccnc2-c2ccc(F)cc21. The number of fused-ring (bicyclic) bond motifs is 7. The summed E-state index contributed by atoms with van der Waals surface area (Å²) >= 11 is 0. The summed E-state index contributed by atoms with van der Waals surface area (Å²) < 4.78 is 36.8. The van der Waals surface area contributed by atoms with Crippen molar-refractivity contribution in [3.8, 4) is 22.6 Å². The van der Waals surface area contributed by atoms with Crippen molar-refractivity contribution in [2.75, 3.05) is 12.0 Å². The van der Waals surface area contributed by atoms with Crippen molar-refractivity contribution < 1.29 is 8.60 Å². The first-order chi connectivity index (χ1) is 16.2. The van der Waals surface area contributed by atoms with Crippen LogP contribution in [0.3, 0.4) is 0 Å². The lowest BCUT2D eigenvalue weighted by atomic mass is 9.90. The molecule has 0 radical (unpaired) electrons. The predicted molar refractivity (Wildman–Crippen MR) is 130 cm³/mol. The molecule has 174 valence electrons. The Morgan fingerprint density at radius 3 is 2.74 bits per heavy atom. The first-order valence-electron chi connectivity index (χ1n) is 11.0. The van der Waals surface area contributed by atoms with E-state index in [1.807, 2.05) is 22.9 Å². The number of benzene rings is 2. The van der Waals surface area contributed by atoms with Gasteiger partial charge in [0.1, 0.15) is 17.5 Å². The lowest BCUT2D eigenvalue weighted by Gasteiger charge is -2.18. The van der Waals surface area contributed by atoms with Crippen LogP contribution in [-0.2, 0) is 22.7 Å². The predicted octanol–water partition coefficient (Wildman–Crippen LogP) is 4.86. The van der Waals surface area contributed by atoms with Gasteiger partial charge < -0.3 is 10.3 Å². The van der Waals surface area contributed by atoms with Gasteiger partial charge in [0.15, 0.2) is 0 Å². The van der Waals surface area contributed by atoms with Crippen LogP contribution in [0.5, 0.6) is 0 Å². The Morgan fingerprint density at radius 1 is 1.12 bits per heavy atom. The Kier molecular flexibility index (Phi) is 5.44. The number of nitrogen functional groups attached to an aromatic ring is 1. The average molecular weight is 477 g/mol. The summed E-state index contributed by atoms with van der Waals surface area (Å²) in [6, 6.07) is 12.1. The largest absolute Gasteiger partial charge is 0.382 e. The van der Waals surface area contributed by atoms with E-state index in [1.54, 1.807) is 30.5 Å². The summed E-state index contributed by atoms with van der Waals surface area (Å²) in [5.41, 5.74) is 11.1. The Balaban J connectivity index is 1.77. The lowest BCUT2D eigenvalue weighted by molar-refractivity contribution is 0.615. The molecule has 4 aromatic rings. The molecule has 2 atom stereocenters. The van der Waals surface area contributed by atoms with Gasteiger partial charge in [-0.1, -0.05) is 13.0 Å². The average Bonchev–Trinajstić information content (AvgIpc) is 3.25. The molecule has 2 aromatic heterocycles. The molecule has 0 fully saturated rings. The third kappa shape index (κ3) is 4.07. The van der Waals surface area contributed by atoms with Crippen LogP contribution in [-0.4, -0.2) is 30.2 Å². The molecule has 7 nitrogen and oxygen atoms in total. The second-order valence-electron chi connectivity index (χ2n) is 8.85. The third-order valence-electron chi connectivity index (χ3n) is 6.40. The Morgan fingerprint density at radius 2 is 1.94 bits per heavy atom. The third-order valence-corrected chi connectivity index (χ3v) is 7.55. The van der Waals surface area contributed by atoms with Crippen molar-refractivity contribution in [3.63, 3.8) is 0 Å². The van der Waals surface area contributed by atoms with E-state index >= 15 is 0 Å². The number of halogens is 1. The molecular weight excluding hydrogens is 451 g/mol. The highest BCUT2D eigenvalue weighted by atomic mass is 32.2. The highest BCUT2D eigenvalue weighted by Gasteiger charge is 2.21. The van der Waals surface area contributed by atoms with E-state index in [-0.39, 0.29) is 11.7 Å². The van der Waals surface area contributed by atoms with Crippen LogP contribution in [0.2, 0.25) is 0 Å². The van der Waals surface area contributed by atoms with Crippen molar-refractivity contribution in [1.82, 2.24) is 19.7 Å². The smallest absolute Gasteiger partial charge is 0.149 e. The summed E-state index contributed by atoms with van der Waals surface area (Å²) in [5, 5.41) is 8.53. The van der Waals surface area contributed by atoms with Gasteiger partial charge in [-0.3, -0.25) is 0 Å². The maximum Gasteiger partial charge on any atom is 0.149 e. The maximum absolute atomic E-state index is 14.3. The van der Waals surface area contributed by atoms with Crippen molar-refractivity contribution in [2.45, 2.75) is 37.1 Å². The minimum Gasteiger partial charge on any atom is -0.382 e. The lowest BCUT2D eigenvalue weighted by Crippen LogP contribution is -2.07. The summed E-state index contributed by atoms with van der Waals surface area (Å²) in [6.45, 7) is 2.53. The molecule has 0 saturated heterocycles. The zero-order chi connectivity index (χ0) is 24.0. The van der Waals surface area contributed by atoms with E-state index in [0.717, 1.165) is 40.1 Å². The first-order valence-corrected chi connectivity index (χ1v) is 13.0. The standard InChI is InChI=1S/C25H25FN6OS/c1-15-3-4-16-11-23(30-31-24(16)27)22-13-19(34(2,28)33)7-5-17(22)14-32-10-9-29-25(32)20-8-6-18(26)12-21(15)20/h5-13,15,28H,3-4,14H2,1-2H3,(H2,27,31)/t15-,34?/m0/s1. The Hall–Kier alpha value is -3.59. The number of nitrogens with two attached hydrogens (primary N) is 1. The fraction of sp³-hybridized carbons (Fsp3) is 0.240. The van der Waals surface area contributed by atoms with Crippen LogP contribution in [0, 0.1) is 10.6 Å². The topological polar surface area (TPSA) is 111 Å². The van der Waals surface area contributed by atoms with Crippen LogP contribution in [0.25, 0.3) is 22.6 Å². The number of aromatic nitrogens is 4. The molecule has 2 bridgehead atoms. The number of aryl methyl sites for hydroxylation is 1. The van der Waals surface area contributed by atoms with Crippen LogP contribution in [0.4, 0.5) is 10.2 Å². The molecule has 2 aromatic carbocycles. The van der Waals surface area contributed by atoms with E-state index < -0.39 is 9.73 Å². The van der Waals surface area contributed by atoms with Crippen molar-refractivity contribution >= 4 is 15.5 Å². The zero-order valence-corrected chi connectivity index (χ0v) is 19.8. The van der Waals surface area contributed by atoms with E-state index in [9.17, 15) is 8.60 Å². The van der Waals surface area contributed by atoms with Gasteiger partial charge in [-0.25, -0.2) is 18.4 Å². The Labute approximate surface area is 197 Å². The van der Waals surface area contributed by atoms with Crippen molar-refractivity contribution in [1.29, 1.82) is 4.78 Å². The monoisotopic (exact) mass is 476 g/mol. The molecule has 0 amide bonds. The van der Waals surface area contributed by atoms with Gasteiger partial charge in [0.2, 0.25) is 0 Å². The van der Waals surface area contributed by atoms with E-state index in [4.69, 9.17) is 10.5 Å². The molecule has 0 spiro atoms. The number of anilines is 1. The molecule has 1 aliphatic heterocycles. The van der Waals surface area contributed by atoms with E-state index in [0.29, 0.717) is 29.4 Å². The van der Waals surface area contributed by atoms with Gasteiger partial charge in [-0.05, 0) is 71.8 Å². The van der Waals surface area contributed by atoms with Gasteiger partial charge in [-0.15, -0.1) is 10.2 Å². The number of hydrogen-bond acceptors (Lipinski definition) is 6. The van der Waals surface area contributed by atoms with E-state index in [1.165, 1.54) is 12.3 Å². The molecule has 3 heterocycles. The minimum atomic E-state index is -2.92. The number of imidazole rings is 1. The van der Waals surface area contributed by atoms with Crippen LogP contribution >= 0.6 is 0 Å². The molecule has 0 saturated carbocycles. The number of nitrogens with one attached hydrogen (secondary N) is 1. The van der Waals surface area contributed by atoms with Crippen molar-refractivity contribution in [2.24, 2.45) is 0 Å². The fourth-order valence-corrected chi connectivity index (χ4v) is 5.15. The number of rotatable bonds is 1. The summed E-state index contributed by atoms with van der Waals surface area (Å²) in [7, 11) is -2.92. The summed E-state index contributed by atoms with van der Waals surface area (Å²) in [6.07, 6.45) is 6.39. The highest BCUT2D eigenvalue weighted by molar-refractivity contribution is 7.91. The second-order valence-corrected chi connectivity index (χ2v) is 11.0. The molecular formula is C25H25FN6OS. The fourth-order valence-electron chi connectivity index (χ4n) is 4.48. The molecule has 34 heavy (non-hydrogen) atoms. The maximum atomic E-state index is 14.3. The van der Waals surface area contributed by atoms with Gasteiger partial charge in [0.05, 0.1) is 15.4 Å². The molecule has 0 aliphatic carbocycles. The van der Waals surface area contributed by atoms with Gasteiger partial charge in [-0.2, -0.15) is 0 Å². The van der Waals surface area contributed by atoms with Crippen LogP contribution in [0.15, 0.2) is 59.8 Å². The van der Waals surface area contributed by atoms with Gasteiger partial charge >= 0.3 is 0 Å². The van der Waals surface area contributed by atoms with Gasteiger partial charge in [0, 0.05) is 41.2 Å². The molecule has 1 aliphatic rings. The van der Waals surface area contributed by atoms with E-state index in [2.05, 4.69) is 22.1 Å². The van der Waals surface area contributed by atoms with Crippen LogP contribution < -0.4 is 5.73 Å². The number of hydrogen-bond donors (Lipinski definition) is 2. The summed E-state index contributed by atoms with van der Waals surface area (Å²) in [4.78, 5) is 5.03. The summed E-state index contributed by atoms with van der Waals surface area (Å²) in [5.74, 6) is 0.871. The normalized spacial score (nSPS) is 17.2. The molecule has 3 N–H and O–H groups in total. The number of nitrogens with zero attached hydrogens (tertiary/aromatic N) is 4. The molecule has 1 unspecified atom stereocenters. The molecule has 5 rings (SSSR count). The first kappa shape index (κ1) is 22.2. The second kappa shape index (κ2) is 8.32. The zero-order valence-electron chi connectivity index (χ0n) is 19.0. The molecule has 9 heteroatoms. The quantitative estimate of drug-likeness (QED) is 0.408. The minimum absolute atomic E-state index is 0.0506. The highest BCUT2D eigenvalue weighted by Crippen LogP contribution is 2.35.